The number of carbonyl (C=O) groups is 2. The first kappa shape index (κ1) is 8.25. The van der Waals surface area contributed by atoms with Crippen molar-refractivity contribution in [2.45, 2.75) is 6.92 Å². The summed E-state index contributed by atoms with van der Waals surface area (Å²) in [6, 6.07) is 0. The molecule has 0 aliphatic rings. The van der Waals surface area contributed by atoms with Crippen molar-refractivity contribution in [1.82, 2.24) is 9.97 Å². The number of hydrogen-bond acceptors (Lipinski definition) is 5. The van der Waals surface area contributed by atoms with E-state index in [9.17, 15) is 9.59 Å². The van der Waals surface area contributed by atoms with Gasteiger partial charge in [-0.15, -0.1) is 0 Å². The molecule has 0 amide bonds. The quantitative estimate of drug-likeness (QED) is 0.632. The molecule has 0 radical (unpaired) electrons. The Kier molecular flexibility index (Phi) is 2.42. The summed E-state index contributed by atoms with van der Waals surface area (Å²) >= 11 is 0. The normalized spacial score (nSPS) is 9.08. The molecule has 6 heteroatoms. The van der Waals surface area contributed by atoms with Gasteiger partial charge in [0.15, 0.2) is 0 Å². The van der Waals surface area contributed by atoms with E-state index in [4.69, 9.17) is 0 Å². The van der Waals surface area contributed by atoms with E-state index in [0.717, 1.165) is 0 Å². The molecule has 1 rings (SSSR count). The summed E-state index contributed by atoms with van der Waals surface area (Å²) in [5.41, 5.74) is 0. The Balaban J connectivity index is 2.90. The molecule has 0 unspecified atom stereocenters. The molecular weight excluding hydrogens is 164 g/mol. The van der Waals surface area contributed by atoms with Crippen molar-refractivity contribution >= 4 is 12.9 Å². The van der Waals surface area contributed by atoms with E-state index in [2.05, 4.69) is 19.4 Å². The van der Waals surface area contributed by atoms with Crippen LogP contribution in [0.4, 0.5) is 0 Å². The average Bonchev–Trinajstić information content (AvgIpc) is 2.33. The van der Waals surface area contributed by atoms with Gasteiger partial charge in [-0.05, 0) is 6.92 Å². The van der Waals surface area contributed by atoms with Gasteiger partial charge in [0.25, 0.3) is 24.7 Å². The van der Waals surface area contributed by atoms with Gasteiger partial charge in [-0.3, -0.25) is 9.59 Å². The van der Waals surface area contributed by atoms with E-state index in [1.54, 1.807) is 6.92 Å². The van der Waals surface area contributed by atoms with Crippen LogP contribution in [-0.2, 0) is 9.59 Å². The fraction of sp³-hybridized carbons (Fsp3) is 0.167. The molecule has 1 heterocycles. The number of ether oxygens (including phenoxy) is 2. The van der Waals surface area contributed by atoms with Crippen molar-refractivity contribution in [3.05, 3.63) is 5.82 Å². The standard InChI is InChI=1S/C6H6N2O4/c1-4-7-5(11-2-9)6(8-4)12-3-10/h2-3H,1H3,(H,7,8). The number of aromatic amines is 1. The summed E-state index contributed by atoms with van der Waals surface area (Å²) in [6.45, 7) is 2.05. The lowest BCUT2D eigenvalue weighted by atomic mass is 10.8. The summed E-state index contributed by atoms with van der Waals surface area (Å²) in [5.74, 6) is 0.466. The van der Waals surface area contributed by atoms with E-state index in [1.165, 1.54) is 0 Å². The van der Waals surface area contributed by atoms with Gasteiger partial charge >= 0.3 is 0 Å². The van der Waals surface area contributed by atoms with Crippen molar-refractivity contribution in [1.29, 1.82) is 0 Å². The summed E-state index contributed by atoms with van der Waals surface area (Å²) in [7, 11) is 0. The Hall–Kier alpha value is -1.85. The Morgan fingerprint density at radius 1 is 1.33 bits per heavy atom. The van der Waals surface area contributed by atoms with Gasteiger partial charge in [0.1, 0.15) is 5.82 Å². The molecule has 1 N–H and O–H groups in total. The minimum Gasteiger partial charge on any atom is -0.406 e. The molecule has 0 spiro atoms. The lowest BCUT2D eigenvalue weighted by Crippen LogP contribution is -1.94. The summed E-state index contributed by atoms with van der Waals surface area (Å²) in [5, 5.41) is 0. The highest BCUT2D eigenvalue weighted by Crippen LogP contribution is 2.21. The smallest absolute Gasteiger partial charge is 0.300 e. The Bertz CT molecular complexity index is 266. The van der Waals surface area contributed by atoms with E-state index in [-0.39, 0.29) is 24.7 Å². The van der Waals surface area contributed by atoms with Crippen molar-refractivity contribution in [2.24, 2.45) is 0 Å². The lowest BCUT2D eigenvalue weighted by molar-refractivity contribution is -0.123. The third-order valence-electron chi connectivity index (χ3n) is 1.08. The number of aryl methyl sites for hydroxylation is 1. The van der Waals surface area contributed by atoms with Crippen LogP contribution < -0.4 is 9.47 Å². The zero-order chi connectivity index (χ0) is 8.97. The maximum Gasteiger partial charge on any atom is 0.300 e. The molecule has 0 bridgehead atoms. The second kappa shape index (κ2) is 3.51. The first-order chi connectivity index (χ1) is 5.77. The summed E-state index contributed by atoms with van der Waals surface area (Å²) in [6.07, 6.45) is 0. The zero-order valence-electron chi connectivity index (χ0n) is 6.23. The molecule has 0 saturated carbocycles. The second-order valence-corrected chi connectivity index (χ2v) is 1.88. The predicted molar refractivity (Wildman–Crippen MR) is 36.7 cm³/mol. The van der Waals surface area contributed by atoms with E-state index in [1.807, 2.05) is 0 Å². The minimum absolute atomic E-state index is 0.0228. The third-order valence-corrected chi connectivity index (χ3v) is 1.08. The molecule has 0 aromatic carbocycles. The van der Waals surface area contributed by atoms with E-state index >= 15 is 0 Å². The molecule has 0 fully saturated rings. The first-order valence-corrected chi connectivity index (χ1v) is 3.05. The lowest BCUT2D eigenvalue weighted by Gasteiger charge is -1.93. The minimum atomic E-state index is -0.0467. The maximum atomic E-state index is 9.93. The number of imidazole rings is 1. The Morgan fingerprint density at radius 2 is 2.00 bits per heavy atom. The molecular formula is C6H6N2O4. The van der Waals surface area contributed by atoms with Crippen LogP contribution in [0, 0.1) is 6.92 Å². The SMILES string of the molecule is Cc1nc(OC=O)c(OC=O)[nH]1. The van der Waals surface area contributed by atoms with Crippen LogP contribution in [0.2, 0.25) is 0 Å². The molecule has 0 aliphatic heterocycles. The molecule has 1 aromatic rings. The average molecular weight is 170 g/mol. The van der Waals surface area contributed by atoms with E-state index in [0.29, 0.717) is 5.82 Å². The number of hydrogen-bond donors (Lipinski definition) is 1. The predicted octanol–water partition coefficient (Wildman–Crippen LogP) is -0.211. The van der Waals surface area contributed by atoms with Crippen molar-refractivity contribution in [2.75, 3.05) is 0 Å². The zero-order valence-corrected chi connectivity index (χ0v) is 6.23. The highest BCUT2D eigenvalue weighted by molar-refractivity contribution is 5.50. The van der Waals surface area contributed by atoms with Crippen molar-refractivity contribution in [3.63, 3.8) is 0 Å². The number of nitrogens with zero attached hydrogens (tertiary/aromatic N) is 1. The molecule has 1 aromatic heterocycles. The van der Waals surface area contributed by atoms with Crippen LogP contribution in [-0.4, -0.2) is 22.9 Å². The third kappa shape index (κ3) is 1.60. The first-order valence-electron chi connectivity index (χ1n) is 3.05. The molecule has 0 atom stereocenters. The van der Waals surface area contributed by atoms with Crippen LogP contribution >= 0.6 is 0 Å². The Labute approximate surface area is 67.5 Å². The van der Waals surface area contributed by atoms with Crippen LogP contribution in [0.15, 0.2) is 0 Å². The van der Waals surface area contributed by atoms with Crippen LogP contribution in [0.5, 0.6) is 11.8 Å². The van der Waals surface area contributed by atoms with Crippen molar-refractivity contribution < 1.29 is 19.1 Å². The van der Waals surface area contributed by atoms with Gasteiger partial charge < -0.3 is 14.5 Å². The summed E-state index contributed by atoms with van der Waals surface area (Å²) in [4.78, 5) is 26.2. The van der Waals surface area contributed by atoms with Gasteiger partial charge in [0.2, 0.25) is 0 Å². The van der Waals surface area contributed by atoms with E-state index < -0.39 is 0 Å². The topological polar surface area (TPSA) is 81.3 Å². The van der Waals surface area contributed by atoms with Gasteiger partial charge in [0, 0.05) is 0 Å². The number of H-pyrrole nitrogens is 1. The fourth-order valence-electron chi connectivity index (χ4n) is 0.702. The maximum absolute atomic E-state index is 9.93. The van der Waals surface area contributed by atoms with Gasteiger partial charge in [-0.2, -0.15) is 4.98 Å². The second-order valence-electron chi connectivity index (χ2n) is 1.88. The van der Waals surface area contributed by atoms with Crippen molar-refractivity contribution in [3.8, 4) is 11.8 Å². The monoisotopic (exact) mass is 170 g/mol. The highest BCUT2D eigenvalue weighted by Gasteiger charge is 2.09. The molecule has 0 saturated heterocycles. The largest absolute Gasteiger partial charge is 0.406 e. The van der Waals surface area contributed by atoms with Crippen LogP contribution in [0.25, 0.3) is 0 Å². The number of carbonyl (C=O) groups excluding carboxylic acids is 2. The van der Waals surface area contributed by atoms with Crippen LogP contribution in [0.1, 0.15) is 5.82 Å². The highest BCUT2D eigenvalue weighted by atomic mass is 16.6. The molecule has 64 valence electrons. The molecule has 6 nitrogen and oxygen atoms in total. The van der Waals surface area contributed by atoms with Gasteiger partial charge in [-0.25, -0.2) is 0 Å². The fourth-order valence-corrected chi connectivity index (χ4v) is 0.702. The summed E-state index contributed by atoms with van der Waals surface area (Å²) < 4.78 is 8.83. The number of rotatable bonds is 4. The Morgan fingerprint density at radius 3 is 2.58 bits per heavy atom. The van der Waals surface area contributed by atoms with Gasteiger partial charge in [-0.1, -0.05) is 0 Å². The molecule has 0 aliphatic carbocycles. The van der Waals surface area contributed by atoms with Gasteiger partial charge in [0.05, 0.1) is 0 Å². The number of nitrogens with one attached hydrogen (secondary N) is 1. The number of aromatic nitrogens is 2. The van der Waals surface area contributed by atoms with Crippen LogP contribution in [0.3, 0.4) is 0 Å². The molecule has 12 heavy (non-hydrogen) atoms.